The van der Waals surface area contributed by atoms with Crippen LogP contribution in [0.4, 0.5) is 5.82 Å². The van der Waals surface area contributed by atoms with Gasteiger partial charge in [-0.25, -0.2) is 5.01 Å². The van der Waals surface area contributed by atoms with E-state index in [2.05, 4.69) is 10.9 Å². The minimum absolute atomic E-state index is 0.0240. The highest BCUT2D eigenvalue weighted by Crippen LogP contribution is 2.24. The number of halogens is 2. The highest BCUT2D eigenvalue weighted by molar-refractivity contribution is 6.42. The van der Waals surface area contributed by atoms with E-state index in [9.17, 15) is 9.59 Å². The fourth-order valence-corrected chi connectivity index (χ4v) is 3.33. The van der Waals surface area contributed by atoms with Crippen LogP contribution in [0.15, 0.2) is 41.0 Å². The highest BCUT2D eigenvalue weighted by Gasteiger charge is 2.23. The third-order valence-electron chi connectivity index (χ3n) is 4.58. The molecule has 1 aromatic heterocycles. The maximum absolute atomic E-state index is 12.8. The van der Waals surface area contributed by atoms with Crippen LogP contribution in [0.25, 0.3) is 0 Å². The third kappa shape index (κ3) is 4.72. The van der Waals surface area contributed by atoms with Gasteiger partial charge in [-0.2, -0.15) is 0 Å². The summed E-state index contributed by atoms with van der Waals surface area (Å²) in [5, 5.41) is 5.35. The molecule has 1 aromatic carbocycles. The lowest BCUT2D eigenvalue weighted by Crippen LogP contribution is -2.35. The van der Waals surface area contributed by atoms with Gasteiger partial charge in [-0.1, -0.05) is 34.9 Å². The Kier molecular flexibility index (Phi) is 6.91. The number of hydrogen-bond acceptors (Lipinski definition) is 6. The number of ether oxygens (including phenoxy) is 1. The van der Waals surface area contributed by atoms with Gasteiger partial charge in [-0.15, -0.1) is 0 Å². The number of methoxy groups -OCH3 is 1. The maximum Gasteiger partial charge on any atom is 0.295 e. The molecule has 0 bridgehead atoms. The molecule has 8 nitrogen and oxygen atoms in total. The van der Waals surface area contributed by atoms with Crippen LogP contribution in [0.5, 0.6) is 5.75 Å². The van der Waals surface area contributed by atoms with Crippen molar-refractivity contribution in [2.24, 2.45) is 7.05 Å². The number of anilines is 1. The Morgan fingerprint density at radius 3 is 2.67 bits per heavy atom. The molecule has 1 aliphatic rings. The number of amides is 1. The molecule has 0 fully saturated rings. The summed E-state index contributed by atoms with van der Waals surface area (Å²) in [4.78, 5) is 30.6. The molecule has 10 heteroatoms. The Hall–Kier alpha value is -2.68. The van der Waals surface area contributed by atoms with E-state index in [-0.39, 0.29) is 11.3 Å². The Morgan fingerprint density at radius 2 is 2.03 bits per heavy atom. The first-order chi connectivity index (χ1) is 14.3. The molecule has 2 heterocycles. The van der Waals surface area contributed by atoms with Crippen molar-refractivity contribution in [1.29, 1.82) is 0 Å². The van der Waals surface area contributed by atoms with Gasteiger partial charge >= 0.3 is 0 Å². The zero-order valence-corrected chi connectivity index (χ0v) is 18.3. The molecule has 0 unspecified atom stereocenters. The Morgan fingerprint density at radius 1 is 1.27 bits per heavy atom. The zero-order chi connectivity index (χ0) is 21.8. The molecule has 1 aliphatic heterocycles. The largest absolute Gasteiger partial charge is 0.491 e. The Balaban J connectivity index is 1.72. The van der Waals surface area contributed by atoms with Gasteiger partial charge in [0.2, 0.25) is 0 Å². The number of rotatable bonds is 7. The summed E-state index contributed by atoms with van der Waals surface area (Å²) >= 11 is 12.0. The fourth-order valence-electron chi connectivity index (χ4n) is 3.01. The van der Waals surface area contributed by atoms with Gasteiger partial charge < -0.3 is 14.9 Å². The molecule has 30 heavy (non-hydrogen) atoms. The van der Waals surface area contributed by atoms with E-state index >= 15 is 0 Å². The molecule has 2 aromatic rings. The van der Waals surface area contributed by atoms with Crippen molar-refractivity contribution in [3.05, 3.63) is 67.8 Å². The van der Waals surface area contributed by atoms with E-state index in [1.165, 1.54) is 16.7 Å². The molecule has 0 radical (unpaired) electrons. The lowest BCUT2D eigenvalue weighted by molar-refractivity contribution is 0.0949. The fraction of sp³-hybridized carbons (Fsp3) is 0.300. The van der Waals surface area contributed by atoms with E-state index in [0.29, 0.717) is 34.6 Å². The number of pyridine rings is 1. The summed E-state index contributed by atoms with van der Waals surface area (Å²) in [6.07, 6.45) is 3.07. The van der Waals surface area contributed by atoms with Gasteiger partial charge in [0.05, 0.1) is 28.9 Å². The van der Waals surface area contributed by atoms with Crippen LogP contribution in [-0.2, 0) is 18.3 Å². The van der Waals surface area contributed by atoms with Crippen molar-refractivity contribution in [1.82, 2.24) is 15.5 Å². The number of allylic oxidation sites excluding steroid dienone is 1. The van der Waals surface area contributed by atoms with Crippen molar-refractivity contribution in [3.63, 3.8) is 0 Å². The van der Waals surface area contributed by atoms with Crippen molar-refractivity contribution in [2.45, 2.75) is 19.8 Å². The van der Waals surface area contributed by atoms with Crippen LogP contribution in [0.1, 0.15) is 29.3 Å². The summed E-state index contributed by atoms with van der Waals surface area (Å²) in [6, 6.07) is 7.02. The van der Waals surface area contributed by atoms with Crippen molar-refractivity contribution < 1.29 is 14.4 Å². The van der Waals surface area contributed by atoms with Crippen molar-refractivity contribution in [3.8, 4) is 5.75 Å². The van der Waals surface area contributed by atoms with Gasteiger partial charge in [-0.3, -0.25) is 14.2 Å². The predicted octanol–water partition coefficient (Wildman–Crippen LogP) is 3.18. The van der Waals surface area contributed by atoms with Gasteiger partial charge in [-0.05, 0) is 43.5 Å². The number of hydrogen-bond donors (Lipinski definition) is 2. The number of aromatic nitrogens is 1. The molecule has 0 saturated carbocycles. The van der Waals surface area contributed by atoms with Gasteiger partial charge in [0.15, 0.2) is 5.75 Å². The first-order valence-corrected chi connectivity index (χ1v) is 9.97. The molecular weight excluding hydrogens is 431 g/mol. The lowest BCUT2D eigenvalue weighted by atomic mass is 10.1. The Labute approximate surface area is 183 Å². The molecule has 0 aliphatic carbocycles. The zero-order valence-electron chi connectivity index (χ0n) is 16.8. The maximum atomic E-state index is 12.8. The van der Waals surface area contributed by atoms with E-state index < -0.39 is 11.5 Å². The third-order valence-corrected chi connectivity index (χ3v) is 5.32. The molecular formula is C20H22Cl2N4O4. The molecule has 0 spiro atoms. The number of benzene rings is 1. The summed E-state index contributed by atoms with van der Waals surface area (Å²) in [5.74, 6) is 0.620. The van der Waals surface area contributed by atoms with E-state index in [1.54, 1.807) is 32.3 Å². The van der Waals surface area contributed by atoms with Gasteiger partial charge in [0.25, 0.3) is 11.5 Å². The molecule has 160 valence electrons. The first kappa shape index (κ1) is 22.0. The summed E-state index contributed by atoms with van der Waals surface area (Å²) < 4.78 is 6.58. The van der Waals surface area contributed by atoms with Gasteiger partial charge in [0, 0.05) is 13.6 Å². The van der Waals surface area contributed by atoms with Crippen LogP contribution in [-0.4, -0.2) is 24.1 Å². The number of aryl methyl sites for hydroxylation is 1. The molecule has 3 rings (SSSR count). The van der Waals surface area contributed by atoms with E-state index in [0.717, 1.165) is 12.0 Å². The predicted molar refractivity (Wildman–Crippen MR) is 116 cm³/mol. The number of nitrogens with one attached hydrogen (secondary N) is 2. The standard InChI is InChI=1S/C20H22Cl2N4O4/c1-12-11-26(24-30-12)17-10-14(18(29-3)20(28)25(17)2)19(27)23-8-4-5-13-6-7-15(21)16(22)9-13/h6-7,9-11,24H,4-5,8H2,1-3H3,(H,23,27). The minimum atomic E-state index is -0.435. The van der Waals surface area contributed by atoms with Crippen molar-refractivity contribution >= 4 is 34.9 Å². The SMILES string of the molecule is COc1c(C(=O)NCCCc2ccc(Cl)c(Cl)c2)cc(N2C=C(C)ON2)n(C)c1=O. The summed E-state index contributed by atoms with van der Waals surface area (Å²) in [5.41, 5.74) is 3.39. The lowest BCUT2D eigenvalue weighted by Gasteiger charge is -2.19. The van der Waals surface area contributed by atoms with Gasteiger partial charge in [0.1, 0.15) is 11.6 Å². The monoisotopic (exact) mass is 452 g/mol. The second kappa shape index (κ2) is 9.42. The van der Waals surface area contributed by atoms with Crippen LogP contribution < -0.4 is 26.2 Å². The van der Waals surface area contributed by atoms with E-state index in [4.69, 9.17) is 32.8 Å². The number of hydrazine groups is 1. The summed E-state index contributed by atoms with van der Waals surface area (Å²) in [6.45, 7) is 2.17. The average molecular weight is 453 g/mol. The van der Waals surface area contributed by atoms with E-state index in [1.807, 2.05) is 12.1 Å². The molecule has 2 N–H and O–H groups in total. The molecule has 0 saturated heterocycles. The minimum Gasteiger partial charge on any atom is -0.491 e. The highest BCUT2D eigenvalue weighted by atomic mass is 35.5. The molecule has 1 amide bonds. The van der Waals surface area contributed by atoms with Crippen LogP contribution >= 0.6 is 23.2 Å². The molecule has 0 atom stereocenters. The Bertz CT molecular complexity index is 1050. The smallest absolute Gasteiger partial charge is 0.295 e. The topological polar surface area (TPSA) is 84.8 Å². The van der Waals surface area contributed by atoms with Crippen molar-refractivity contribution in [2.75, 3.05) is 18.7 Å². The summed E-state index contributed by atoms with van der Waals surface area (Å²) in [7, 11) is 2.95. The number of carbonyl (C=O) groups is 1. The van der Waals surface area contributed by atoms with Crippen LogP contribution in [0, 0.1) is 0 Å². The number of carbonyl (C=O) groups excluding carboxylic acids is 1. The quantitative estimate of drug-likeness (QED) is 0.627. The van der Waals surface area contributed by atoms with Crippen LogP contribution in [0.2, 0.25) is 10.0 Å². The average Bonchev–Trinajstić information content (AvgIpc) is 3.15. The van der Waals surface area contributed by atoms with Crippen LogP contribution in [0.3, 0.4) is 0 Å². The number of nitrogens with zero attached hydrogens (tertiary/aromatic N) is 2. The normalized spacial score (nSPS) is 13.1. The second-order valence-corrected chi connectivity index (χ2v) is 7.54. The second-order valence-electron chi connectivity index (χ2n) is 6.72. The first-order valence-electron chi connectivity index (χ1n) is 9.22.